The molecule has 5 heteroatoms. The standard InChI is InChI=1S/C16H15FN2O2/c17-15-11-12(3-1-10-20)4-7-14(15)16(21)19(9-2-8-18)13-5-6-13/h4,7,11,13,20H,2,5-6,9-10H2. The molecule has 0 bridgehead atoms. The number of aliphatic hydroxyl groups is 1. The molecule has 0 aromatic heterocycles. The second kappa shape index (κ2) is 6.88. The van der Waals surface area contributed by atoms with E-state index in [0.717, 1.165) is 12.8 Å². The van der Waals surface area contributed by atoms with E-state index in [1.54, 1.807) is 11.0 Å². The van der Waals surface area contributed by atoms with Crippen LogP contribution < -0.4 is 0 Å². The molecule has 1 fully saturated rings. The molecule has 0 spiro atoms. The molecule has 2 rings (SSSR count). The maximum absolute atomic E-state index is 14.1. The van der Waals surface area contributed by atoms with Gasteiger partial charge in [0.05, 0.1) is 18.1 Å². The number of nitriles is 1. The lowest BCUT2D eigenvalue weighted by molar-refractivity contribution is 0.0742. The molecule has 1 amide bonds. The maximum Gasteiger partial charge on any atom is 0.257 e. The van der Waals surface area contributed by atoms with Crippen molar-refractivity contribution in [1.29, 1.82) is 5.26 Å². The van der Waals surface area contributed by atoms with Gasteiger partial charge in [-0.3, -0.25) is 4.79 Å². The molecular weight excluding hydrogens is 271 g/mol. The molecule has 0 heterocycles. The number of carbonyl (C=O) groups is 1. The van der Waals surface area contributed by atoms with E-state index in [1.807, 2.05) is 6.07 Å². The largest absolute Gasteiger partial charge is 0.384 e. The van der Waals surface area contributed by atoms with Crippen LogP contribution in [-0.4, -0.2) is 35.1 Å². The lowest BCUT2D eigenvalue weighted by Crippen LogP contribution is -2.34. The van der Waals surface area contributed by atoms with Crippen LogP contribution in [0.4, 0.5) is 4.39 Å². The van der Waals surface area contributed by atoms with E-state index in [4.69, 9.17) is 10.4 Å². The molecule has 1 N–H and O–H groups in total. The second-order valence-electron chi connectivity index (χ2n) is 4.79. The van der Waals surface area contributed by atoms with Gasteiger partial charge in [0.15, 0.2) is 0 Å². The fraction of sp³-hybridized carbons (Fsp3) is 0.375. The minimum atomic E-state index is -0.632. The summed E-state index contributed by atoms with van der Waals surface area (Å²) in [6.45, 7) is 0.0252. The summed E-state index contributed by atoms with van der Waals surface area (Å²) < 4.78 is 14.1. The van der Waals surface area contributed by atoms with Gasteiger partial charge in [0, 0.05) is 18.2 Å². The zero-order chi connectivity index (χ0) is 15.2. The van der Waals surface area contributed by atoms with Gasteiger partial charge in [0.2, 0.25) is 0 Å². The minimum absolute atomic E-state index is 0.00520. The first-order chi connectivity index (χ1) is 10.2. The molecule has 0 radical (unpaired) electrons. The van der Waals surface area contributed by atoms with Crippen molar-refractivity contribution < 1.29 is 14.3 Å². The second-order valence-corrected chi connectivity index (χ2v) is 4.79. The van der Waals surface area contributed by atoms with Crippen LogP contribution in [0, 0.1) is 29.0 Å². The Kier molecular flexibility index (Phi) is 4.92. The number of carbonyl (C=O) groups excluding carboxylic acids is 1. The molecule has 21 heavy (non-hydrogen) atoms. The first-order valence-electron chi connectivity index (χ1n) is 6.74. The summed E-state index contributed by atoms with van der Waals surface area (Å²) in [5.74, 6) is 4.00. The van der Waals surface area contributed by atoms with Crippen molar-refractivity contribution in [3.63, 3.8) is 0 Å². The van der Waals surface area contributed by atoms with Gasteiger partial charge in [-0.15, -0.1) is 0 Å². The first kappa shape index (κ1) is 15.0. The van der Waals surface area contributed by atoms with Gasteiger partial charge in [-0.25, -0.2) is 4.39 Å². The van der Waals surface area contributed by atoms with Gasteiger partial charge < -0.3 is 10.0 Å². The lowest BCUT2D eigenvalue weighted by Gasteiger charge is -2.21. The summed E-state index contributed by atoms with van der Waals surface area (Å²) in [4.78, 5) is 13.9. The summed E-state index contributed by atoms with van der Waals surface area (Å²) in [5, 5.41) is 17.3. The normalized spacial score (nSPS) is 13.0. The zero-order valence-corrected chi connectivity index (χ0v) is 11.5. The number of nitrogens with zero attached hydrogens (tertiary/aromatic N) is 2. The van der Waals surface area contributed by atoms with Crippen LogP contribution in [0.25, 0.3) is 0 Å². The average molecular weight is 286 g/mol. The summed E-state index contributed by atoms with van der Waals surface area (Å²) in [5.41, 5.74) is 0.405. The quantitative estimate of drug-likeness (QED) is 0.857. The van der Waals surface area contributed by atoms with Crippen LogP contribution in [0.3, 0.4) is 0 Å². The number of amides is 1. The van der Waals surface area contributed by atoms with Crippen LogP contribution in [-0.2, 0) is 0 Å². The van der Waals surface area contributed by atoms with Crippen molar-refractivity contribution in [3.8, 4) is 17.9 Å². The van der Waals surface area contributed by atoms with Crippen LogP contribution in [0.5, 0.6) is 0 Å². The Balaban J connectivity index is 2.19. The molecule has 1 saturated carbocycles. The number of rotatable bonds is 4. The number of benzene rings is 1. The smallest absolute Gasteiger partial charge is 0.257 e. The van der Waals surface area contributed by atoms with Crippen LogP contribution >= 0.6 is 0 Å². The minimum Gasteiger partial charge on any atom is -0.384 e. The molecule has 108 valence electrons. The summed E-state index contributed by atoms with van der Waals surface area (Å²) in [6.07, 6.45) is 2.04. The first-order valence-corrected chi connectivity index (χ1v) is 6.74. The molecule has 1 aliphatic rings. The Bertz CT molecular complexity index is 636. The molecule has 1 aromatic rings. The highest BCUT2D eigenvalue weighted by Gasteiger charge is 2.33. The number of hydrogen-bond acceptors (Lipinski definition) is 3. The SMILES string of the molecule is N#CCCN(C(=O)c1ccc(C#CCO)cc1F)C1CC1. The zero-order valence-electron chi connectivity index (χ0n) is 11.5. The van der Waals surface area contributed by atoms with Crippen LogP contribution in [0.1, 0.15) is 35.2 Å². The third-order valence-corrected chi connectivity index (χ3v) is 3.22. The van der Waals surface area contributed by atoms with Crippen molar-refractivity contribution in [2.24, 2.45) is 0 Å². The monoisotopic (exact) mass is 286 g/mol. The number of hydrogen-bond donors (Lipinski definition) is 1. The van der Waals surface area contributed by atoms with Crippen molar-refractivity contribution in [2.75, 3.05) is 13.2 Å². The Morgan fingerprint density at radius 3 is 2.81 bits per heavy atom. The highest BCUT2D eigenvalue weighted by Crippen LogP contribution is 2.29. The van der Waals surface area contributed by atoms with E-state index < -0.39 is 5.82 Å². The highest BCUT2D eigenvalue weighted by atomic mass is 19.1. The van der Waals surface area contributed by atoms with Gasteiger partial charge >= 0.3 is 0 Å². The summed E-state index contributed by atoms with van der Waals surface area (Å²) in [7, 11) is 0. The molecule has 1 aliphatic carbocycles. The van der Waals surface area contributed by atoms with E-state index in [0.29, 0.717) is 12.1 Å². The molecule has 0 atom stereocenters. The predicted molar refractivity (Wildman–Crippen MR) is 74.7 cm³/mol. The molecular formula is C16H15FN2O2. The Hall–Kier alpha value is -2.37. The molecule has 0 saturated heterocycles. The molecule has 4 nitrogen and oxygen atoms in total. The van der Waals surface area contributed by atoms with E-state index in [-0.39, 0.29) is 30.5 Å². The maximum atomic E-state index is 14.1. The fourth-order valence-corrected chi connectivity index (χ4v) is 2.07. The lowest BCUT2D eigenvalue weighted by atomic mass is 10.1. The third kappa shape index (κ3) is 3.81. The van der Waals surface area contributed by atoms with Crippen molar-refractivity contribution in [1.82, 2.24) is 4.90 Å². The predicted octanol–water partition coefficient (Wildman–Crippen LogP) is 1.69. The molecule has 0 aliphatic heterocycles. The van der Waals surface area contributed by atoms with Crippen molar-refractivity contribution >= 4 is 5.91 Å². The van der Waals surface area contributed by atoms with E-state index in [2.05, 4.69) is 11.8 Å². The molecule has 0 unspecified atom stereocenters. The third-order valence-electron chi connectivity index (χ3n) is 3.22. The van der Waals surface area contributed by atoms with E-state index >= 15 is 0 Å². The van der Waals surface area contributed by atoms with Crippen molar-refractivity contribution in [3.05, 3.63) is 35.1 Å². The van der Waals surface area contributed by atoms with Crippen molar-refractivity contribution in [2.45, 2.75) is 25.3 Å². The topological polar surface area (TPSA) is 64.3 Å². The Morgan fingerprint density at radius 2 is 2.24 bits per heavy atom. The summed E-state index contributed by atoms with van der Waals surface area (Å²) in [6, 6.07) is 6.27. The number of aliphatic hydroxyl groups excluding tert-OH is 1. The van der Waals surface area contributed by atoms with Crippen LogP contribution in [0.2, 0.25) is 0 Å². The average Bonchev–Trinajstić information content (AvgIpc) is 3.30. The Morgan fingerprint density at radius 1 is 1.48 bits per heavy atom. The van der Waals surface area contributed by atoms with Gasteiger partial charge in [-0.2, -0.15) is 5.26 Å². The van der Waals surface area contributed by atoms with Gasteiger partial charge in [-0.05, 0) is 31.0 Å². The molecule has 1 aromatic carbocycles. The summed E-state index contributed by atoms with van der Waals surface area (Å²) >= 11 is 0. The van der Waals surface area contributed by atoms with Crippen LogP contribution in [0.15, 0.2) is 18.2 Å². The Labute approximate surface area is 122 Å². The van der Waals surface area contributed by atoms with Gasteiger partial charge in [0.1, 0.15) is 12.4 Å². The number of halogens is 1. The highest BCUT2D eigenvalue weighted by molar-refractivity contribution is 5.95. The fourth-order valence-electron chi connectivity index (χ4n) is 2.07. The van der Waals surface area contributed by atoms with Gasteiger partial charge in [-0.1, -0.05) is 11.8 Å². The van der Waals surface area contributed by atoms with E-state index in [1.165, 1.54) is 12.1 Å². The van der Waals surface area contributed by atoms with Gasteiger partial charge in [0.25, 0.3) is 5.91 Å². The van der Waals surface area contributed by atoms with E-state index in [9.17, 15) is 9.18 Å².